The number of rotatable bonds is 7. The van der Waals surface area contributed by atoms with Crippen LogP contribution in [0.15, 0.2) is 81.7 Å². The zero-order valence-electron chi connectivity index (χ0n) is 18.6. The van der Waals surface area contributed by atoms with Crippen LogP contribution >= 0.6 is 11.8 Å². The summed E-state index contributed by atoms with van der Waals surface area (Å²) in [4.78, 5) is 22.1. The fourth-order valence-corrected chi connectivity index (χ4v) is 3.86. The lowest BCUT2D eigenvalue weighted by molar-refractivity contribution is -0.274. The Morgan fingerprint density at radius 2 is 1.80 bits per heavy atom. The Labute approximate surface area is 202 Å². The molecule has 35 heavy (non-hydrogen) atoms. The van der Waals surface area contributed by atoms with Gasteiger partial charge in [-0.3, -0.25) is 9.36 Å². The first-order valence-electron chi connectivity index (χ1n) is 10.3. The summed E-state index contributed by atoms with van der Waals surface area (Å²) >= 11 is 1.03. The molecule has 7 nitrogen and oxygen atoms in total. The molecule has 4 rings (SSSR count). The van der Waals surface area contributed by atoms with Crippen molar-refractivity contribution >= 4 is 22.7 Å². The van der Waals surface area contributed by atoms with Crippen LogP contribution in [0.5, 0.6) is 11.6 Å². The molecule has 0 aliphatic heterocycles. The molecule has 0 saturated heterocycles. The van der Waals surface area contributed by atoms with Crippen LogP contribution in [-0.4, -0.2) is 38.2 Å². The molecule has 0 saturated carbocycles. The van der Waals surface area contributed by atoms with Gasteiger partial charge in [-0.05, 0) is 62.4 Å². The summed E-state index contributed by atoms with van der Waals surface area (Å²) in [6.45, 7) is 3.36. The smallest absolute Gasteiger partial charge is 0.475 e. The first kappa shape index (κ1) is 24.6. The molecular weight excluding hydrogens is 483 g/mol. The fourth-order valence-electron chi connectivity index (χ4n) is 3.06. The summed E-state index contributed by atoms with van der Waals surface area (Å²) in [7, 11) is 0. The number of hydrogen-bond donors (Lipinski definition) is 1. The summed E-state index contributed by atoms with van der Waals surface area (Å²) in [6, 6.07) is 13.9. The average Bonchev–Trinajstić information content (AvgIpc) is 2.78. The molecule has 2 aromatic heterocycles. The summed E-state index contributed by atoms with van der Waals surface area (Å²) in [5, 5.41) is 10.7. The predicted molar refractivity (Wildman–Crippen MR) is 124 cm³/mol. The van der Waals surface area contributed by atoms with Gasteiger partial charge in [0.1, 0.15) is 12.4 Å². The van der Waals surface area contributed by atoms with Crippen LogP contribution in [0.4, 0.5) is 13.2 Å². The minimum atomic E-state index is -4.77. The van der Waals surface area contributed by atoms with Gasteiger partial charge < -0.3 is 14.6 Å². The van der Waals surface area contributed by atoms with Crippen LogP contribution in [0.3, 0.4) is 0 Å². The quantitative estimate of drug-likeness (QED) is 0.381. The molecule has 2 heterocycles. The Balaban J connectivity index is 1.55. The number of hydrogen-bond acceptors (Lipinski definition) is 7. The van der Waals surface area contributed by atoms with Gasteiger partial charge in [-0.15, -0.1) is 13.2 Å². The summed E-state index contributed by atoms with van der Waals surface area (Å²) in [5.74, 6) is 0.0254. The monoisotopic (exact) mass is 503 g/mol. The molecule has 1 N–H and O–H groups in total. The number of benzene rings is 2. The van der Waals surface area contributed by atoms with E-state index in [4.69, 9.17) is 4.74 Å². The SMILES string of the molecule is CC(C)(O)COc1ccc2cc(-n3ccnc(Sc4ccc(OC(F)(F)F)cc4)c3=O)ccc2n1. The summed E-state index contributed by atoms with van der Waals surface area (Å²) in [5.41, 5.74) is -0.129. The van der Waals surface area contributed by atoms with Crippen molar-refractivity contribution in [2.45, 2.75) is 35.7 Å². The molecule has 0 aliphatic rings. The van der Waals surface area contributed by atoms with Crippen molar-refractivity contribution in [2.24, 2.45) is 0 Å². The third-order valence-electron chi connectivity index (χ3n) is 4.58. The molecular formula is C24H20F3N3O4S. The zero-order chi connectivity index (χ0) is 25.2. The van der Waals surface area contributed by atoms with Gasteiger partial charge in [0.25, 0.3) is 5.56 Å². The molecule has 0 amide bonds. The topological polar surface area (TPSA) is 86.5 Å². The largest absolute Gasteiger partial charge is 0.573 e. The van der Waals surface area contributed by atoms with E-state index < -0.39 is 12.0 Å². The van der Waals surface area contributed by atoms with Crippen LogP contribution in [0.25, 0.3) is 16.6 Å². The maximum Gasteiger partial charge on any atom is 0.573 e. The van der Waals surface area contributed by atoms with Gasteiger partial charge in [-0.1, -0.05) is 11.8 Å². The Morgan fingerprint density at radius 3 is 2.49 bits per heavy atom. The highest BCUT2D eigenvalue weighted by molar-refractivity contribution is 7.99. The fraction of sp³-hybridized carbons (Fsp3) is 0.208. The maximum atomic E-state index is 13.0. The normalized spacial score (nSPS) is 12.1. The standard InChI is InChI=1S/C24H20F3N3O4S/c1-23(2,32)14-33-20-10-3-15-13-16(4-9-19(15)29-20)30-12-11-28-21(22(30)31)35-18-7-5-17(6-8-18)34-24(25,26)27/h3-13,32H,14H2,1-2H3. The van der Waals surface area contributed by atoms with Crippen molar-refractivity contribution in [3.8, 4) is 17.3 Å². The molecule has 0 aliphatic carbocycles. The van der Waals surface area contributed by atoms with Crippen molar-refractivity contribution in [1.29, 1.82) is 0 Å². The van der Waals surface area contributed by atoms with Gasteiger partial charge in [-0.25, -0.2) is 9.97 Å². The van der Waals surface area contributed by atoms with E-state index in [0.29, 0.717) is 22.0 Å². The lowest BCUT2D eigenvalue weighted by Gasteiger charge is -2.17. The first-order chi connectivity index (χ1) is 16.5. The Kier molecular flexibility index (Phi) is 6.73. The number of aliphatic hydroxyl groups is 1. The van der Waals surface area contributed by atoms with Crippen molar-refractivity contribution in [2.75, 3.05) is 6.61 Å². The van der Waals surface area contributed by atoms with Crippen LogP contribution < -0.4 is 15.0 Å². The van der Waals surface area contributed by atoms with Gasteiger partial charge in [0, 0.05) is 34.4 Å². The molecule has 0 fully saturated rings. The summed E-state index contributed by atoms with van der Waals surface area (Å²) < 4.78 is 47.8. The van der Waals surface area contributed by atoms with Gasteiger partial charge >= 0.3 is 6.36 Å². The number of pyridine rings is 1. The van der Waals surface area contributed by atoms with Gasteiger partial charge in [0.2, 0.25) is 5.88 Å². The minimum Gasteiger partial charge on any atom is -0.475 e. The van der Waals surface area contributed by atoms with E-state index in [1.807, 2.05) is 0 Å². The van der Waals surface area contributed by atoms with E-state index in [2.05, 4.69) is 14.7 Å². The number of alkyl halides is 3. The van der Waals surface area contributed by atoms with Crippen LogP contribution in [0.1, 0.15) is 13.8 Å². The molecule has 11 heteroatoms. The Morgan fingerprint density at radius 1 is 1.06 bits per heavy atom. The van der Waals surface area contributed by atoms with E-state index in [1.165, 1.54) is 41.2 Å². The minimum absolute atomic E-state index is 0.0918. The van der Waals surface area contributed by atoms with Gasteiger partial charge in [0.15, 0.2) is 5.03 Å². The number of aromatic nitrogens is 3. The molecule has 0 unspecified atom stereocenters. The van der Waals surface area contributed by atoms with E-state index in [1.54, 1.807) is 44.2 Å². The van der Waals surface area contributed by atoms with Crippen LogP contribution in [-0.2, 0) is 0 Å². The van der Waals surface area contributed by atoms with E-state index >= 15 is 0 Å². The highest BCUT2D eigenvalue weighted by Gasteiger charge is 2.31. The van der Waals surface area contributed by atoms with Gasteiger partial charge in [-0.2, -0.15) is 0 Å². The predicted octanol–water partition coefficient (Wildman–Crippen LogP) is 4.98. The first-order valence-corrected chi connectivity index (χ1v) is 11.2. The zero-order valence-corrected chi connectivity index (χ0v) is 19.4. The lowest BCUT2D eigenvalue weighted by Crippen LogP contribution is -2.28. The highest BCUT2D eigenvalue weighted by Crippen LogP contribution is 2.28. The lowest BCUT2D eigenvalue weighted by atomic mass is 10.2. The second kappa shape index (κ2) is 9.59. The summed E-state index contributed by atoms with van der Waals surface area (Å²) in [6.07, 6.45) is -1.77. The van der Waals surface area contributed by atoms with E-state index in [9.17, 15) is 23.1 Å². The number of fused-ring (bicyclic) bond motifs is 1. The Bertz CT molecular complexity index is 1400. The molecule has 0 radical (unpaired) electrons. The van der Waals surface area contributed by atoms with Crippen LogP contribution in [0.2, 0.25) is 0 Å². The number of ether oxygens (including phenoxy) is 2. The molecule has 0 bridgehead atoms. The second-order valence-electron chi connectivity index (χ2n) is 8.16. The van der Waals surface area contributed by atoms with Crippen molar-refractivity contribution in [3.63, 3.8) is 0 Å². The molecule has 4 aromatic rings. The van der Waals surface area contributed by atoms with Crippen molar-refractivity contribution in [1.82, 2.24) is 14.5 Å². The molecule has 182 valence electrons. The van der Waals surface area contributed by atoms with E-state index in [0.717, 1.165) is 17.1 Å². The highest BCUT2D eigenvalue weighted by atomic mass is 32.2. The van der Waals surface area contributed by atoms with Crippen molar-refractivity contribution < 1.29 is 27.8 Å². The Hall–Kier alpha value is -3.57. The van der Waals surface area contributed by atoms with Crippen molar-refractivity contribution in [3.05, 3.63) is 77.3 Å². The molecule has 0 atom stereocenters. The molecule has 0 spiro atoms. The third-order valence-corrected chi connectivity index (χ3v) is 5.56. The van der Waals surface area contributed by atoms with Gasteiger partial charge in [0.05, 0.1) is 11.1 Å². The van der Waals surface area contributed by atoms with Crippen LogP contribution in [0, 0.1) is 0 Å². The number of nitrogens with zero attached hydrogens (tertiary/aromatic N) is 3. The maximum absolute atomic E-state index is 13.0. The third kappa shape index (κ3) is 6.52. The molecule has 2 aromatic carbocycles. The average molecular weight is 504 g/mol. The second-order valence-corrected chi connectivity index (χ2v) is 9.22. The number of halogens is 3. The van der Waals surface area contributed by atoms with E-state index in [-0.39, 0.29) is 22.9 Å².